The zero-order valence-corrected chi connectivity index (χ0v) is 35.2. The molecule has 3 heterocycles. The minimum absolute atomic E-state index is 0.390. The summed E-state index contributed by atoms with van der Waals surface area (Å²) in [6.45, 7) is 0. The number of rotatable bonds is 3. The van der Waals surface area contributed by atoms with Crippen LogP contribution in [-0.2, 0) is 5.41 Å². The second-order valence-corrected chi connectivity index (χ2v) is 18.3. The van der Waals surface area contributed by atoms with Crippen LogP contribution in [0.3, 0.4) is 0 Å². The third-order valence-electron chi connectivity index (χ3n) is 14.2. The summed E-state index contributed by atoms with van der Waals surface area (Å²) < 4.78 is 1.31. The lowest BCUT2D eigenvalue weighted by atomic mass is 9.70. The van der Waals surface area contributed by atoms with E-state index in [4.69, 9.17) is 0 Å². The Hall–Kier alpha value is -7.59. The molecule has 0 saturated heterocycles. The number of hydrogen-bond donors (Lipinski definition) is 0. The lowest BCUT2D eigenvalue weighted by Crippen LogP contribution is -2.25. The zero-order valence-electron chi connectivity index (χ0n) is 34.3. The summed E-state index contributed by atoms with van der Waals surface area (Å²) in [5.41, 5.74) is 25.1. The highest BCUT2D eigenvalue weighted by atomic mass is 32.1. The van der Waals surface area contributed by atoms with Crippen LogP contribution in [0.4, 0.5) is 11.4 Å². The van der Waals surface area contributed by atoms with Crippen LogP contribution >= 0.6 is 11.3 Å². The van der Waals surface area contributed by atoms with Crippen molar-refractivity contribution < 1.29 is 0 Å². The molecule has 0 N–H and O–H groups in total. The van der Waals surface area contributed by atoms with Gasteiger partial charge in [0.2, 0.25) is 0 Å². The van der Waals surface area contributed by atoms with E-state index < -0.39 is 0 Å². The summed E-state index contributed by atoms with van der Waals surface area (Å²) in [6, 6.07) is 68.8. The quantitative estimate of drug-likeness (QED) is 0.177. The van der Waals surface area contributed by atoms with E-state index in [1.54, 1.807) is 0 Å². The topological polar surface area (TPSA) is 16.1 Å². The first kappa shape index (κ1) is 35.1. The Labute approximate surface area is 370 Å². The molecule has 0 atom stereocenters. The highest BCUT2D eigenvalue weighted by molar-refractivity contribution is 7.17. The smallest absolute Gasteiger partial charge is 0.0725 e. The number of fused-ring (bicyclic) bond motifs is 17. The molecular weight excluding hydrogens is 781 g/mol. The number of thiophene rings is 1. The van der Waals surface area contributed by atoms with Crippen molar-refractivity contribution in [3.63, 3.8) is 0 Å². The van der Waals surface area contributed by atoms with Gasteiger partial charge >= 0.3 is 0 Å². The maximum Gasteiger partial charge on any atom is 0.0725 e. The minimum atomic E-state index is -0.390. The van der Waals surface area contributed by atoms with E-state index in [-0.39, 0.29) is 5.41 Å². The van der Waals surface area contributed by atoms with E-state index >= 15 is 0 Å². The molecule has 0 saturated carbocycles. The predicted octanol–water partition coefficient (Wildman–Crippen LogP) is 16.0. The molecular formula is C60H38N2S. The third-order valence-corrected chi connectivity index (χ3v) is 15.1. The fourth-order valence-electron chi connectivity index (χ4n) is 11.5. The lowest BCUT2D eigenvalue weighted by molar-refractivity contribution is 0.794. The Bertz CT molecular complexity index is 3590. The highest BCUT2D eigenvalue weighted by Gasteiger charge is 2.51. The standard InChI is InChI=1S/C60H38N2S/c1-2-15-45-44(14-1)50-33-39(40-22-25-49-48-18-5-8-21-54(48)60(55(49)34-40)52-19-6-3-16-46(52)47-17-4-7-20-53(47)60)24-27-57(50)62(58-35-42-28-30-63-59(42)36-51(45)58)43-13-9-11-37(32-43)38-23-26-56-41(31-38)12-10-29-61-56/h1-8,10-12,14-36H,9,13H2. The van der Waals surface area contributed by atoms with Crippen LogP contribution in [0.25, 0.3) is 82.2 Å². The van der Waals surface area contributed by atoms with Crippen molar-refractivity contribution in [3.05, 3.63) is 239 Å². The highest BCUT2D eigenvalue weighted by Crippen LogP contribution is 2.63. The molecule has 0 radical (unpaired) electrons. The first-order valence-corrected chi connectivity index (χ1v) is 22.9. The fraction of sp³-hybridized carbons (Fsp3) is 0.0500. The van der Waals surface area contributed by atoms with Crippen LogP contribution in [0.1, 0.15) is 40.7 Å². The Morgan fingerprint density at radius 3 is 1.84 bits per heavy atom. The van der Waals surface area contributed by atoms with Crippen molar-refractivity contribution in [1.82, 2.24) is 4.98 Å². The Balaban J connectivity index is 0.979. The number of benzene rings is 8. The molecule has 3 heteroatoms. The van der Waals surface area contributed by atoms with Crippen LogP contribution in [-0.4, -0.2) is 4.98 Å². The maximum atomic E-state index is 4.61. The summed E-state index contributed by atoms with van der Waals surface area (Å²) in [7, 11) is 0. The average molecular weight is 819 g/mol. The third kappa shape index (κ3) is 4.91. The van der Waals surface area contributed by atoms with Gasteiger partial charge in [-0.1, -0.05) is 133 Å². The van der Waals surface area contributed by atoms with E-state index in [1.807, 2.05) is 23.6 Å². The molecule has 1 aliphatic heterocycles. The molecule has 0 fully saturated rings. The number of anilines is 2. The molecule has 2 aromatic heterocycles. The van der Waals surface area contributed by atoms with Crippen molar-refractivity contribution in [2.75, 3.05) is 4.90 Å². The van der Waals surface area contributed by atoms with Crippen molar-refractivity contribution in [2.24, 2.45) is 0 Å². The zero-order chi connectivity index (χ0) is 41.2. The number of hydrogen-bond acceptors (Lipinski definition) is 3. The van der Waals surface area contributed by atoms with Crippen LogP contribution < -0.4 is 4.90 Å². The summed E-state index contributed by atoms with van der Waals surface area (Å²) in [5.74, 6) is 0. The van der Waals surface area contributed by atoms with Gasteiger partial charge in [0.1, 0.15) is 0 Å². The summed E-state index contributed by atoms with van der Waals surface area (Å²) >= 11 is 1.82. The van der Waals surface area contributed by atoms with Gasteiger partial charge in [-0.2, -0.15) is 0 Å². The first-order valence-electron chi connectivity index (χ1n) is 22.0. The first-order chi connectivity index (χ1) is 31.2. The van der Waals surface area contributed by atoms with E-state index in [2.05, 4.69) is 203 Å². The van der Waals surface area contributed by atoms with Gasteiger partial charge < -0.3 is 4.90 Å². The number of allylic oxidation sites excluding steroid dienone is 4. The predicted molar refractivity (Wildman–Crippen MR) is 264 cm³/mol. The van der Waals surface area contributed by atoms with Crippen molar-refractivity contribution in [3.8, 4) is 55.6 Å². The summed E-state index contributed by atoms with van der Waals surface area (Å²) in [6.07, 6.45) is 8.61. The van der Waals surface area contributed by atoms with Gasteiger partial charge in [-0.15, -0.1) is 11.3 Å². The monoisotopic (exact) mass is 818 g/mol. The minimum Gasteiger partial charge on any atom is -0.313 e. The maximum absolute atomic E-state index is 4.61. The van der Waals surface area contributed by atoms with Gasteiger partial charge in [0.25, 0.3) is 0 Å². The largest absolute Gasteiger partial charge is 0.313 e. The second-order valence-electron chi connectivity index (χ2n) is 17.3. The molecule has 0 bridgehead atoms. The van der Waals surface area contributed by atoms with Crippen molar-refractivity contribution in [2.45, 2.75) is 18.3 Å². The van der Waals surface area contributed by atoms with Crippen LogP contribution in [0.2, 0.25) is 0 Å². The number of aromatic nitrogens is 1. The number of nitrogens with zero attached hydrogens (tertiary/aromatic N) is 2. The number of pyridine rings is 1. The van der Waals surface area contributed by atoms with Crippen molar-refractivity contribution >= 4 is 49.3 Å². The van der Waals surface area contributed by atoms with E-state index in [0.29, 0.717) is 0 Å². The van der Waals surface area contributed by atoms with Gasteiger partial charge in [0, 0.05) is 33.1 Å². The summed E-state index contributed by atoms with van der Waals surface area (Å²) in [4.78, 5) is 7.19. The van der Waals surface area contributed by atoms with Gasteiger partial charge in [0.15, 0.2) is 0 Å². The molecule has 0 amide bonds. The van der Waals surface area contributed by atoms with Crippen LogP contribution in [0, 0.1) is 0 Å². The molecule has 2 nitrogen and oxygen atoms in total. The SMILES string of the molecule is C1=C(c2ccc3ncccc3c2)C=C(N2c3ccc(-c4ccc5c(c4)C4(c6ccccc6-c6ccccc64)c4ccccc4-5)cc3-c3ccccc3-c3cc4sccc4cc32)CC1. The molecule has 0 unspecified atom stereocenters. The van der Waals surface area contributed by atoms with Crippen molar-refractivity contribution in [1.29, 1.82) is 0 Å². The van der Waals surface area contributed by atoms with Gasteiger partial charge in [-0.05, 0) is 162 Å². The van der Waals surface area contributed by atoms with Gasteiger partial charge in [0.05, 0.1) is 22.3 Å². The van der Waals surface area contributed by atoms with Gasteiger partial charge in [-0.25, -0.2) is 0 Å². The molecule has 8 aromatic carbocycles. The molecule has 4 aliphatic rings. The molecule has 63 heavy (non-hydrogen) atoms. The average Bonchev–Trinajstić information content (AvgIpc) is 4.00. The Morgan fingerprint density at radius 2 is 1.10 bits per heavy atom. The van der Waals surface area contributed by atoms with E-state index in [0.717, 1.165) is 23.7 Å². The van der Waals surface area contributed by atoms with Crippen LogP contribution in [0.15, 0.2) is 211 Å². The lowest BCUT2D eigenvalue weighted by Gasteiger charge is -2.32. The fourth-order valence-corrected chi connectivity index (χ4v) is 12.3. The Morgan fingerprint density at radius 1 is 0.460 bits per heavy atom. The van der Waals surface area contributed by atoms with Gasteiger partial charge in [-0.3, -0.25) is 4.98 Å². The molecule has 3 aliphatic carbocycles. The normalized spacial score (nSPS) is 14.8. The van der Waals surface area contributed by atoms with Crippen LogP contribution in [0.5, 0.6) is 0 Å². The molecule has 14 rings (SSSR count). The summed E-state index contributed by atoms with van der Waals surface area (Å²) in [5, 5.41) is 4.66. The van der Waals surface area contributed by atoms with E-state index in [9.17, 15) is 0 Å². The molecule has 10 aromatic rings. The van der Waals surface area contributed by atoms with E-state index in [1.165, 1.54) is 116 Å². The second kappa shape index (κ2) is 13.2. The molecule has 294 valence electrons. The molecule has 1 spiro atoms. The Kier molecular flexibility index (Phi) is 7.35.